The first kappa shape index (κ1) is 10.3. The van der Waals surface area contributed by atoms with Crippen LogP contribution in [0.25, 0.3) is 0 Å². The molecule has 12 heavy (non-hydrogen) atoms. The SMILES string of the molecule is CC(CCl)NCC1CCC(C)O1. The summed E-state index contributed by atoms with van der Waals surface area (Å²) in [5.74, 6) is 0.669. The molecule has 3 heteroatoms. The maximum absolute atomic E-state index is 5.66. The molecule has 0 bridgehead atoms. The molecule has 0 radical (unpaired) electrons. The van der Waals surface area contributed by atoms with E-state index in [1.807, 2.05) is 0 Å². The zero-order valence-corrected chi connectivity index (χ0v) is 8.60. The lowest BCUT2D eigenvalue weighted by molar-refractivity contribution is 0.0550. The van der Waals surface area contributed by atoms with E-state index in [-0.39, 0.29) is 0 Å². The highest BCUT2D eigenvalue weighted by atomic mass is 35.5. The molecule has 1 aliphatic heterocycles. The van der Waals surface area contributed by atoms with Crippen molar-refractivity contribution in [1.29, 1.82) is 0 Å². The molecule has 0 aromatic heterocycles. The van der Waals surface area contributed by atoms with Gasteiger partial charge in [0.2, 0.25) is 0 Å². The van der Waals surface area contributed by atoms with Gasteiger partial charge in [-0.2, -0.15) is 0 Å². The van der Waals surface area contributed by atoms with Crippen molar-refractivity contribution in [2.24, 2.45) is 0 Å². The van der Waals surface area contributed by atoms with E-state index in [9.17, 15) is 0 Å². The van der Waals surface area contributed by atoms with Crippen LogP contribution in [0.15, 0.2) is 0 Å². The third-order valence-corrected chi connectivity index (χ3v) is 2.71. The number of hydrogen-bond acceptors (Lipinski definition) is 2. The quantitative estimate of drug-likeness (QED) is 0.684. The molecule has 0 aromatic rings. The van der Waals surface area contributed by atoms with Crippen LogP contribution in [0, 0.1) is 0 Å². The Kier molecular flexibility index (Phi) is 4.33. The number of nitrogens with one attached hydrogen (secondary N) is 1. The highest BCUT2D eigenvalue weighted by molar-refractivity contribution is 6.18. The number of hydrogen-bond donors (Lipinski definition) is 1. The zero-order chi connectivity index (χ0) is 8.97. The third kappa shape index (κ3) is 3.30. The van der Waals surface area contributed by atoms with Crippen molar-refractivity contribution in [3.8, 4) is 0 Å². The molecule has 1 fully saturated rings. The summed E-state index contributed by atoms with van der Waals surface area (Å²) in [6.07, 6.45) is 3.24. The predicted molar refractivity (Wildman–Crippen MR) is 51.8 cm³/mol. The lowest BCUT2D eigenvalue weighted by Gasteiger charge is -2.15. The van der Waals surface area contributed by atoms with Gasteiger partial charge in [0.1, 0.15) is 0 Å². The van der Waals surface area contributed by atoms with Crippen molar-refractivity contribution in [2.45, 2.75) is 44.9 Å². The second kappa shape index (κ2) is 5.05. The molecule has 1 N–H and O–H groups in total. The van der Waals surface area contributed by atoms with E-state index in [1.54, 1.807) is 0 Å². The molecule has 0 aliphatic carbocycles. The molecule has 1 rings (SSSR count). The van der Waals surface area contributed by atoms with Crippen LogP contribution in [0.2, 0.25) is 0 Å². The van der Waals surface area contributed by atoms with Gasteiger partial charge in [-0.3, -0.25) is 0 Å². The molecule has 3 atom stereocenters. The molecule has 0 aromatic carbocycles. The van der Waals surface area contributed by atoms with Crippen LogP contribution in [0.4, 0.5) is 0 Å². The van der Waals surface area contributed by atoms with Crippen LogP contribution < -0.4 is 5.32 Å². The minimum absolute atomic E-state index is 0.395. The molecule has 2 nitrogen and oxygen atoms in total. The van der Waals surface area contributed by atoms with Crippen molar-refractivity contribution in [2.75, 3.05) is 12.4 Å². The van der Waals surface area contributed by atoms with Gasteiger partial charge in [-0.05, 0) is 26.7 Å². The topological polar surface area (TPSA) is 21.3 Å². The maximum atomic E-state index is 5.66. The molecule has 0 saturated carbocycles. The van der Waals surface area contributed by atoms with Crippen molar-refractivity contribution in [3.05, 3.63) is 0 Å². The molecule has 1 aliphatic rings. The lowest BCUT2D eigenvalue weighted by Crippen LogP contribution is -2.34. The number of alkyl halides is 1. The molecule has 72 valence electrons. The number of halogens is 1. The smallest absolute Gasteiger partial charge is 0.0704 e. The first-order valence-electron chi connectivity index (χ1n) is 4.67. The zero-order valence-electron chi connectivity index (χ0n) is 7.85. The second-order valence-electron chi connectivity index (χ2n) is 3.61. The van der Waals surface area contributed by atoms with Crippen molar-refractivity contribution in [3.63, 3.8) is 0 Å². The first-order chi connectivity index (χ1) is 5.72. The Hall–Kier alpha value is 0.210. The van der Waals surface area contributed by atoms with E-state index in [0.717, 1.165) is 6.54 Å². The summed E-state index contributed by atoms with van der Waals surface area (Å²) in [5, 5.41) is 3.34. The molecule has 0 spiro atoms. The van der Waals surface area contributed by atoms with Crippen LogP contribution >= 0.6 is 11.6 Å². The van der Waals surface area contributed by atoms with E-state index in [2.05, 4.69) is 19.2 Å². The Balaban J connectivity index is 2.07. The van der Waals surface area contributed by atoms with E-state index in [0.29, 0.717) is 24.1 Å². The number of rotatable bonds is 4. The first-order valence-corrected chi connectivity index (χ1v) is 5.20. The van der Waals surface area contributed by atoms with Crippen molar-refractivity contribution < 1.29 is 4.74 Å². The number of ether oxygens (including phenoxy) is 1. The van der Waals surface area contributed by atoms with Crippen LogP contribution in [0.3, 0.4) is 0 Å². The van der Waals surface area contributed by atoms with E-state index in [1.165, 1.54) is 12.8 Å². The minimum atomic E-state index is 0.395. The van der Waals surface area contributed by atoms with Crippen LogP contribution in [0.5, 0.6) is 0 Å². The fourth-order valence-electron chi connectivity index (χ4n) is 1.42. The average molecular weight is 192 g/mol. The monoisotopic (exact) mass is 191 g/mol. The molecular weight excluding hydrogens is 174 g/mol. The van der Waals surface area contributed by atoms with Crippen LogP contribution in [-0.2, 0) is 4.74 Å². The molecular formula is C9H18ClNO. The van der Waals surface area contributed by atoms with Gasteiger partial charge in [0.05, 0.1) is 12.2 Å². The largest absolute Gasteiger partial charge is 0.374 e. The highest BCUT2D eigenvalue weighted by Gasteiger charge is 2.21. The van der Waals surface area contributed by atoms with E-state index < -0.39 is 0 Å². The lowest BCUT2D eigenvalue weighted by atomic mass is 10.2. The molecule has 3 unspecified atom stereocenters. The van der Waals surface area contributed by atoms with E-state index >= 15 is 0 Å². The summed E-state index contributed by atoms with van der Waals surface area (Å²) in [6, 6.07) is 0.395. The highest BCUT2D eigenvalue weighted by Crippen LogP contribution is 2.18. The Morgan fingerprint density at radius 2 is 2.33 bits per heavy atom. The van der Waals surface area contributed by atoms with Crippen molar-refractivity contribution >= 4 is 11.6 Å². The fourth-order valence-corrected chi connectivity index (χ4v) is 1.53. The maximum Gasteiger partial charge on any atom is 0.0704 e. The fraction of sp³-hybridized carbons (Fsp3) is 1.00. The Morgan fingerprint density at radius 3 is 2.83 bits per heavy atom. The van der Waals surface area contributed by atoms with Gasteiger partial charge in [-0.1, -0.05) is 0 Å². The van der Waals surface area contributed by atoms with Crippen LogP contribution in [-0.4, -0.2) is 30.7 Å². The summed E-state index contributed by atoms with van der Waals surface area (Å²) in [6.45, 7) is 5.16. The second-order valence-corrected chi connectivity index (χ2v) is 3.92. The molecule has 1 saturated heterocycles. The Bertz CT molecular complexity index is 132. The van der Waals surface area contributed by atoms with Gasteiger partial charge in [-0.15, -0.1) is 11.6 Å². The van der Waals surface area contributed by atoms with Gasteiger partial charge in [0, 0.05) is 18.5 Å². The van der Waals surface area contributed by atoms with Crippen LogP contribution in [0.1, 0.15) is 26.7 Å². The normalized spacial score (nSPS) is 32.2. The Labute approximate surface area is 79.6 Å². The predicted octanol–water partition coefficient (Wildman–Crippen LogP) is 1.77. The minimum Gasteiger partial charge on any atom is -0.374 e. The standard InChI is InChI=1S/C9H18ClNO/c1-7(5-10)11-6-9-4-3-8(2)12-9/h7-9,11H,3-6H2,1-2H3. The summed E-state index contributed by atoms with van der Waals surface area (Å²) < 4.78 is 5.65. The summed E-state index contributed by atoms with van der Waals surface area (Å²) in [7, 11) is 0. The molecule has 0 amide bonds. The summed E-state index contributed by atoms with van der Waals surface area (Å²) in [4.78, 5) is 0. The van der Waals surface area contributed by atoms with Gasteiger partial charge >= 0.3 is 0 Å². The third-order valence-electron chi connectivity index (χ3n) is 2.25. The van der Waals surface area contributed by atoms with Gasteiger partial charge in [0.15, 0.2) is 0 Å². The molecule has 1 heterocycles. The average Bonchev–Trinajstić information content (AvgIpc) is 2.47. The van der Waals surface area contributed by atoms with Gasteiger partial charge < -0.3 is 10.1 Å². The van der Waals surface area contributed by atoms with Gasteiger partial charge in [-0.25, -0.2) is 0 Å². The van der Waals surface area contributed by atoms with Crippen molar-refractivity contribution in [1.82, 2.24) is 5.32 Å². The Morgan fingerprint density at radius 1 is 1.58 bits per heavy atom. The summed E-state index contributed by atoms with van der Waals surface area (Å²) >= 11 is 5.66. The summed E-state index contributed by atoms with van der Waals surface area (Å²) in [5.41, 5.74) is 0. The van der Waals surface area contributed by atoms with Gasteiger partial charge in [0.25, 0.3) is 0 Å². The van der Waals surface area contributed by atoms with E-state index in [4.69, 9.17) is 16.3 Å².